The lowest BCUT2D eigenvalue weighted by Crippen LogP contribution is -2.67. The van der Waals surface area contributed by atoms with Gasteiger partial charge in [0.05, 0.1) is 35.2 Å². The highest BCUT2D eigenvalue weighted by atomic mass is 16.5. The van der Waals surface area contributed by atoms with Crippen LogP contribution >= 0.6 is 0 Å². The highest BCUT2D eigenvalue weighted by Crippen LogP contribution is 2.78. The highest BCUT2D eigenvalue weighted by Gasteiger charge is 2.72. The average molecular weight is 781 g/mol. The Hall–Kier alpha value is -3.49. The number of rotatable bonds is 8. The SMILES string of the molecule is C=C(C)[C@@H]1CC[C@]2(C(=O)N3CCCC3c3ncc(-c4cccnc4)[nH]3)CC[C@]3(C)[C@H](CC[C@@H]4[C@@]5(C)CC[C@H](OC(=O)CC(C)(C)C(=O)O)C(C)(C)[C@@H]5CC[C@]43C)[C@@H]12. The molecule has 0 aromatic carbocycles. The van der Waals surface area contributed by atoms with Crippen LogP contribution in [-0.4, -0.2) is 55.5 Å². The number of nitrogens with one attached hydrogen (secondary N) is 1. The Kier molecular flexibility index (Phi) is 9.75. The summed E-state index contributed by atoms with van der Waals surface area (Å²) in [7, 11) is 0. The molecule has 2 aromatic heterocycles. The number of esters is 1. The molecule has 3 heterocycles. The van der Waals surface area contributed by atoms with Crippen LogP contribution in [0.1, 0.15) is 151 Å². The van der Waals surface area contributed by atoms with Crippen LogP contribution in [0.25, 0.3) is 11.3 Å². The van der Waals surface area contributed by atoms with E-state index in [-0.39, 0.29) is 51.6 Å². The van der Waals surface area contributed by atoms with Gasteiger partial charge < -0.3 is 19.7 Å². The van der Waals surface area contributed by atoms with E-state index in [0.29, 0.717) is 29.6 Å². The van der Waals surface area contributed by atoms with Crippen LogP contribution in [0.15, 0.2) is 42.9 Å². The number of carboxylic acid groups (broad SMARTS) is 1. The van der Waals surface area contributed by atoms with Crippen molar-refractivity contribution in [1.82, 2.24) is 19.9 Å². The summed E-state index contributed by atoms with van der Waals surface area (Å²) in [5.74, 6) is 1.89. The number of aliphatic carboxylic acids is 1. The van der Waals surface area contributed by atoms with Gasteiger partial charge in [-0.2, -0.15) is 0 Å². The molecule has 0 spiro atoms. The molecule has 1 saturated heterocycles. The Balaban J connectivity index is 1.06. The van der Waals surface area contributed by atoms with Gasteiger partial charge in [-0.3, -0.25) is 19.4 Å². The van der Waals surface area contributed by atoms with Crippen molar-refractivity contribution in [3.8, 4) is 11.3 Å². The molecule has 1 unspecified atom stereocenters. The van der Waals surface area contributed by atoms with Gasteiger partial charge in [-0.15, -0.1) is 0 Å². The van der Waals surface area contributed by atoms with Gasteiger partial charge in [-0.25, -0.2) is 4.98 Å². The first kappa shape index (κ1) is 40.3. The van der Waals surface area contributed by atoms with Crippen LogP contribution in [0.4, 0.5) is 0 Å². The van der Waals surface area contributed by atoms with Crippen LogP contribution in [-0.2, 0) is 19.1 Å². The Bertz CT molecular complexity index is 1920. The number of likely N-dealkylation sites (tertiary alicyclic amines) is 1. The molecule has 6 aliphatic rings. The van der Waals surface area contributed by atoms with Gasteiger partial charge in [0, 0.05) is 29.9 Å². The lowest BCUT2D eigenvalue weighted by atomic mass is 9.32. The van der Waals surface area contributed by atoms with E-state index >= 15 is 4.79 Å². The molecule has 5 aliphatic carbocycles. The molecule has 57 heavy (non-hydrogen) atoms. The number of ether oxygens (including phenoxy) is 1. The van der Waals surface area contributed by atoms with Gasteiger partial charge in [0.2, 0.25) is 5.91 Å². The number of aromatic amines is 1. The second kappa shape index (κ2) is 13.8. The van der Waals surface area contributed by atoms with Crippen molar-refractivity contribution < 1.29 is 24.2 Å². The van der Waals surface area contributed by atoms with Crippen molar-refractivity contribution in [3.63, 3.8) is 0 Å². The number of carbonyl (C=O) groups excluding carboxylic acids is 2. The molecule has 0 radical (unpaired) electrons. The fraction of sp³-hybridized carbons (Fsp3) is 0.729. The zero-order valence-electron chi connectivity index (χ0n) is 36.0. The Labute approximate surface area is 340 Å². The van der Waals surface area contributed by atoms with E-state index in [4.69, 9.17) is 9.72 Å². The fourth-order valence-electron chi connectivity index (χ4n) is 15.1. The molecule has 0 bridgehead atoms. The van der Waals surface area contributed by atoms with E-state index in [1.165, 1.54) is 5.57 Å². The van der Waals surface area contributed by atoms with Crippen molar-refractivity contribution in [2.24, 2.45) is 62.1 Å². The van der Waals surface area contributed by atoms with Gasteiger partial charge in [0.25, 0.3) is 0 Å². The zero-order valence-corrected chi connectivity index (χ0v) is 36.0. The minimum Gasteiger partial charge on any atom is -0.481 e. The van der Waals surface area contributed by atoms with Gasteiger partial charge in [0.15, 0.2) is 0 Å². The van der Waals surface area contributed by atoms with E-state index in [2.05, 4.69) is 63.0 Å². The normalized spacial score (nSPS) is 39.6. The number of hydrogen-bond donors (Lipinski definition) is 2. The number of hydrogen-bond acceptors (Lipinski definition) is 6. The van der Waals surface area contributed by atoms with Crippen LogP contribution in [0.2, 0.25) is 0 Å². The Morgan fingerprint density at radius 2 is 1.72 bits per heavy atom. The lowest BCUT2D eigenvalue weighted by Gasteiger charge is -2.73. The van der Waals surface area contributed by atoms with Crippen LogP contribution in [0.5, 0.6) is 0 Å². The first-order valence-electron chi connectivity index (χ1n) is 22.1. The van der Waals surface area contributed by atoms with Gasteiger partial charge in [-0.05, 0) is 156 Å². The van der Waals surface area contributed by atoms with E-state index in [1.54, 1.807) is 20.0 Å². The predicted molar refractivity (Wildman–Crippen MR) is 220 cm³/mol. The van der Waals surface area contributed by atoms with Crippen LogP contribution < -0.4 is 0 Å². The van der Waals surface area contributed by atoms with Crippen molar-refractivity contribution in [2.75, 3.05) is 6.54 Å². The molecule has 11 atom stereocenters. The quantitative estimate of drug-likeness (QED) is 0.202. The number of H-pyrrole nitrogens is 1. The molecular formula is C48H68N4O5. The van der Waals surface area contributed by atoms with Crippen molar-refractivity contribution in [2.45, 2.75) is 151 Å². The van der Waals surface area contributed by atoms with E-state index in [9.17, 15) is 14.7 Å². The molecule has 2 N–H and O–H groups in total. The minimum atomic E-state index is -1.16. The number of amides is 1. The zero-order chi connectivity index (χ0) is 40.9. The van der Waals surface area contributed by atoms with Crippen LogP contribution in [0.3, 0.4) is 0 Å². The predicted octanol–water partition coefficient (Wildman–Crippen LogP) is 10.2. The summed E-state index contributed by atoms with van der Waals surface area (Å²) in [4.78, 5) is 55.4. The largest absolute Gasteiger partial charge is 0.481 e. The molecular weight excluding hydrogens is 713 g/mol. The smallest absolute Gasteiger partial charge is 0.309 e. The summed E-state index contributed by atoms with van der Waals surface area (Å²) in [6.07, 6.45) is 17.4. The van der Waals surface area contributed by atoms with Gasteiger partial charge >= 0.3 is 11.9 Å². The third-order valence-corrected chi connectivity index (χ3v) is 18.3. The maximum atomic E-state index is 15.5. The number of pyridine rings is 1. The van der Waals surface area contributed by atoms with Gasteiger partial charge in [-0.1, -0.05) is 46.8 Å². The molecule has 1 amide bonds. The van der Waals surface area contributed by atoms with Crippen molar-refractivity contribution >= 4 is 17.8 Å². The number of carbonyl (C=O) groups is 3. The topological polar surface area (TPSA) is 125 Å². The maximum absolute atomic E-state index is 15.5. The third-order valence-electron chi connectivity index (χ3n) is 18.3. The van der Waals surface area contributed by atoms with Crippen molar-refractivity contribution in [1.29, 1.82) is 0 Å². The Morgan fingerprint density at radius 1 is 0.947 bits per heavy atom. The summed E-state index contributed by atoms with van der Waals surface area (Å²) in [5, 5.41) is 9.66. The number of nitrogens with zero attached hydrogens (tertiary/aromatic N) is 3. The second-order valence-electron chi connectivity index (χ2n) is 21.6. The number of carboxylic acids is 1. The number of imidazole rings is 1. The number of allylic oxidation sites excluding steroid dienone is 1. The van der Waals surface area contributed by atoms with Crippen LogP contribution in [0, 0.1) is 62.1 Å². The van der Waals surface area contributed by atoms with Crippen molar-refractivity contribution in [3.05, 3.63) is 48.7 Å². The van der Waals surface area contributed by atoms with E-state index in [1.807, 2.05) is 24.5 Å². The molecule has 9 heteroatoms. The minimum absolute atomic E-state index is 0.0416. The standard InChI is InChI=1S/C48H68N4O5/c1-29(2)31-16-21-48(41(54)52-25-11-13-34(52)40-50-28-33(51-40)30-12-10-24-49-27-30)23-22-46(8)32(39(31)48)14-15-36-45(7)19-18-37(57-38(53)26-43(3,4)42(55)56)44(5,6)35(45)17-20-47(36,46)9/h10,12,24,27-28,31-32,34-37,39H,1,11,13-23,25-26H2,2-9H3,(H,50,51)(H,55,56)/t31-,32+,34?,35-,36+,37-,39+,45-,46+,47+,48-/m0/s1. The molecule has 310 valence electrons. The monoisotopic (exact) mass is 781 g/mol. The molecule has 5 saturated carbocycles. The molecule has 8 rings (SSSR count). The molecule has 9 nitrogen and oxygen atoms in total. The van der Waals surface area contributed by atoms with E-state index in [0.717, 1.165) is 101 Å². The molecule has 2 aromatic rings. The van der Waals surface area contributed by atoms with E-state index < -0.39 is 17.4 Å². The number of aromatic nitrogens is 3. The first-order chi connectivity index (χ1) is 26.8. The average Bonchev–Trinajstić information content (AvgIpc) is 3.92. The highest BCUT2D eigenvalue weighted by molar-refractivity contribution is 5.85. The fourth-order valence-corrected chi connectivity index (χ4v) is 15.1. The second-order valence-corrected chi connectivity index (χ2v) is 21.6. The first-order valence-corrected chi connectivity index (χ1v) is 22.1. The summed E-state index contributed by atoms with van der Waals surface area (Å²) in [6, 6.07) is 3.94. The number of fused-ring (bicyclic) bond motifs is 7. The summed E-state index contributed by atoms with van der Waals surface area (Å²) < 4.78 is 6.21. The molecule has 1 aliphatic heterocycles. The summed E-state index contributed by atoms with van der Waals surface area (Å²) in [5.41, 5.74) is 1.74. The summed E-state index contributed by atoms with van der Waals surface area (Å²) >= 11 is 0. The summed E-state index contributed by atoms with van der Waals surface area (Å²) in [6.45, 7) is 23.2. The lowest BCUT2D eigenvalue weighted by molar-refractivity contribution is -0.250. The Morgan fingerprint density at radius 3 is 2.42 bits per heavy atom. The van der Waals surface area contributed by atoms with Gasteiger partial charge in [0.1, 0.15) is 11.9 Å². The molecule has 6 fully saturated rings. The maximum Gasteiger partial charge on any atom is 0.309 e. The third kappa shape index (κ3) is 5.99.